The monoisotopic (exact) mass is 211 g/mol. The summed E-state index contributed by atoms with van der Waals surface area (Å²) in [6.45, 7) is 0.838. The van der Waals surface area contributed by atoms with Crippen molar-refractivity contribution < 1.29 is 0 Å². The number of nitrogens with zero attached hydrogens (tertiary/aromatic N) is 2. The number of rotatable bonds is 1. The highest BCUT2D eigenvalue weighted by atomic mass is 15.1. The number of aromatic nitrogens is 1. The maximum Gasteiger partial charge on any atom is 0.0830 e. The lowest BCUT2D eigenvalue weighted by atomic mass is 10.1. The lowest BCUT2D eigenvalue weighted by Crippen LogP contribution is -2.26. The largest absolute Gasteiger partial charge is 0.368 e. The molecule has 0 amide bonds. The van der Waals surface area contributed by atoms with E-state index < -0.39 is 0 Å². The number of pyridine rings is 1. The summed E-state index contributed by atoms with van der Waals surface area (Å²) in [5.74, 6) is 0. The van der Waals surface area contributed by atoms with Gasteiger partial charge in [0.05, 0.1) is 18.9 Å². The van der Waals surface area contributed by atoms with Gasteiger partial charge in [-0.15, -0.1) is 0 Å². The molecular weight excluding hydrogens is 198 g/mol. The molecule has 0 aromatic carbocycles. The molecule has 0 radical (unpaired) electrons. The molecule has 80 valence electrons. The van der Waals surface area contributed by atoms with Crippen LogP contribution < -0.4 is 5.32 Å². The Morgan fingerprint density at radius 1 is 1.31 bits per heavy atom. The van der Waals surface area contributed by atoms with Gasteiger partial charge < -0.3 is 5.32 Å². The maximum atomic E-state index is 4.20. The van der Waals surface area contributed by atoms with Gasteiger partial charge in [0.25, 0.3) is 0 Å². The number of fused-ring (bicyclic) bond motifs is 1. The molecule has 1 aliphatic carbocycles. The zero-order valence-electron chi connectivity index (χ0n) is 8.93. The van der Waals surface area contributed by atoms with Crippen molar-refractivity contribution in [2.45, 2.75) is 12.5 Å². The van der Waals surface area contributed by atoms with E-state index in [1.54, 1.807) is 6.34 Å². The molecule has 1 aliphatic heterocycles. The highest BCUT2D eigenvalue weighted by Gasteiger charge is 2.15. The molecule has 1 aromatic rings. The van der Waals surface area contributed by atoms with Crippen molar-refractivity contribution in [2.75, 3.05) is 6.54 Å². The van der Waals surface area contributed by atoms with Crippen molar-refractivity contribution in [2.24, 2.45) is 4.99 Å². The van der Waals surface area contributed by atoms with Crippen molar-refractivity contribution in [3.05, 3.63) is 47.3 Å². The van der Waals surface area contributed by atoms with Crippen LogP contribution in [0.3, 0.4) is 0 Å². The van der Waals surface area contributed by atoms with E-state index in [1.165, 1.54) is 16.7 Å². The molecule has 0 fully saturated rings. The highest BCUT2D eigenvalue weighted by Crippen LogP contribution is 2.19. The van der Waals surface area contributed by atoms with Crippen LogP contribution in [0.15, 0.2) is 41.2 Å². The predicted molar refractivity (Wildman–Crippen MR) is 65.3 cm³/mol. The van der Waals surface area contributed by atoms with Gasteiger partial charge in [-0.3, -0.25) is 9.98 Å². The Labute approximate surface area is 94.6 Å². The Morgan fingerprint density at radius 2 is 2.31 bits per heavy atom. The van der Waals surface area contributed by atoms with E-state index >= 15 is 0 Å². The van der Waals surface area contributed by atoms with Crippen LogP contribution in [0.1, 0.15) is 11.1 Å². The summed E-state index contributed by atoms with van der Waals surface area (Å²) in [6.07, 6.45) is 13.1. The van der Waals surface area contributed by atoms with Crippen molar-refractivity contribution in [1.29, 1.82) is 0 Å². The third kappa shape index (κ3) is 1.65. The Kier molecular flexibility index (Phi) is 2.29. The van der Waals surface area contributed by atoms with E-state index in [1.807, 2.05) is 12.4 Å². The minimum atomic E-state index is 0.346. The number of nitrogens with one attached hydrogen (secondary N) is 1. The summed E-state index contributed by atoms with van der Waals surface area (Å²) in [6, 6.07) is 2.43. The number of aliphatic imine (C=N–C) groups is 1. The average molecular weight is 211 g/mol. The summed E-state index contributed by atoms with van der Waals surface area (Å²) in [5, 5.41) is 3.25. The molecule has 1 N–H and O–H groups in total. The van der Waals surface area contributed by atoms with Crippen molar-refractivity contribution in [1.82, 2.24) is 10.3 Å². The molecule has 0 saturated heterocycles. The molecule has 1 aromatic heterocycles. The number of hydrogen-bond donors (Lipinski definition) is 1. The van der Waals surface area contributed by atoms with Gasteiger partial charge in [-0.05, 0) is 29.2 Å². The minimum absolute atomic E-state index is 0.346. The van der Waals surface area contributed by atoms with Crippen LogP contribution in [0, 0.1) is 0 Å². The first-order valence-electron chi connectivity index (χ1n) is 5.49. The van der Waals surface area contributed by atoms with E-state index in [4.69, 9.17) is 0 Å². The fourth-order valence-corrected chi connectivity index (χ4v) is 2.07. The third-order valence-electron chi connectivity index (χ3n) is 3.02. The van der Waals surface area contributed by atoms with Gasteiger partial charge in [-0.25, -0.2) is 0 Å². The predicted octanol–water partition coefficient (Wildman–Crippen LogP) is 1.58. The van der Waals surface area contributed by atoms with Crippen LogP contribution in [0.2, 0.25) is 0 Å². The van der Waals surface area contributed by atoms with Gasteiger partial charge in [0.2, 0.25) is 0 Å². The van der Waals surface area contributed by atoms with E-state index in [-0.39, 0.29) is 0 Å². The van der Waals surface area contributed by atoms with Crippen LogP contribution >= 0.6 is 0 Å². The van der Waals surface area contributed by atoms with Crippen molar-refractivity contribution >= 4 is 12.4 Å². The van der Waals surface area contributed by atoms with Crippen molar-refractivity contribution in [3.63, 3.8) is 0 Å². The molecule has 3 rings (SSSR count). The normalized spacial score (nSPS) is 22.2. The zero-order chi connectivity index (χ0) is 10.8. The first-order valence-corrected chi connectivity index (χ1v) is 5.49. The average Bonchev–Trinajstić information content (AvgIpc) is 2.76. The Bertz CT molecular complexity index is 478. The number of allylic oxidation sites excluding steroid dienone is 1. The minimum Gasteiger partial charge on any atom is -0.368 e. The first-order chi connectivity index (χ1) is 7.93. The highest BCUT2D eigenvalue weighted by molar-refractivity contribution is 5.63. The van der Waals surface area contributed by atoms with Gasteiger partial charge in [0, 0.05) is 12.4 Å². The lowest BCUT2D eigenvalue weighted by Gasteiger charge is -2.10. The van der Waals surface area contributed by atoms with Gasteiger partial charge in [-0.1, -0.05) is 18.2 Å². The molecule has 1 atom stereocenters. The smallest absolute Gasteiger partial charge is 0.0830 e. The third-order valence-corrected chi connectivity index (χ3v) is 3.02. The van der Waals surface area contributed by atoms with Crippen LogP contribution in [-0.2, 0) is 6.42 Å². The van der Waals surface area contributed by atoms with E-state index in [0.717, 1.165) is 13.0 Å². The fraction of sp³-hybridized carbons (Fsp3) is 0.231. The topological polar surface area (TPSA) is 37.3 Å². The van der Waals surface area contributed by atoms with E-state index in [2.05, 4.69) is 39.6 Å². The molecule has 0 spiro atoms. The van der Waals surface area contributed by atoms with E-state index in [0.29, 0.717) is 6.04 Å². The maximum absolute atomic E-state index is 4.20. The molecular formula is C13H13N3. The lowest BCUT2D eigenvalue weighted by molar-refractivity contribution is 0.769. The van der Waals surface area contributed by atoms with Gasteiger partial charge >= 0.3 is 0 Å². The summed E-state index contributed by atoms with van der Waals surface area (Å²) >= 11 is 0. The molecule has 3 nitrogen and oxygen atoms in total. The molecule has 1 unspecified atom stereocenters. The first kappa shape index (κ1) is 9.33. The fourth-order valence-electron chi connectivity index (χ4n) is 2.07. The van der Waals surface area contributed by atoms with Gasteiger partial charge in [0.1, 0.15) is 0 Å². The molecule has 16 heavy (non-hydrogen) atoms. The molecule has 2 heterocycles. The second kappa shape index (κ2) is 3.93. The summed E-state index contributed by atoms with van der Waals surface area (Å²) in [7, 11) is 0. The Balaban J connectivity index is 1.88. The van der Waals surface area contributed by atoms with Crippen LogP contribution in [0.5, 0.6) is 0 Å². The molecule has 0 bridgehead atoms. The van der Waals surface area contributed by atoms with Gasteiger partial charge in [0.15, 0.2) is 0 Å². The second-order valence-corrected chi connectivity index (χ2v) is 4.03. The number of hydrogen-bond acceptors (Lipinski definition) is 3. The summed E-state index contributed by atoms with van der Waals surface area (Å²) in [4.78, 5) is 8.34. The quantitative estimate of drug-likeness (QED) is 0.765. The zero-order valence-corrected chi connectivity index (χ0v) is 8.93. The van der Waals surface area contributed by atoms with Crippen LogP contribution in [-0.4, -0.2) is 23.9 Å². The second-order valence-electron chi connectivity index (χ2n) is 4.03. The van der Waals surface area contributed by atoms with Gasteiger partial charge in [-0.2, -0.15) is 0 Å². The van der Waals surface area contributed by atoms with Crippen molar-refractivity contribution in [3.8, 4) is 0 Å². The summed E-state index contributed by atoms with van der Waals surface area (Å²) < 4.78 is 0. The summed E-state index contributed by atoms with van der Waals surface area (Å²) in [5.41, 5.74) is 3.86. The standard InChI is InChI=1S/C13H13N3/c1-2-11(13-8-15-9-16-13)3-4-12-7-14-6-5-10(1)12/h2-7,9,13H,1,8H2,(H,15,16). The van der Waals surface area contributed by atoms with Crippen LogP contribution in [0.4, 0.5) is 0 Å². The van der Waals surface area contributed by atoms with E-state index in [9.17, 15) is 0 Å². The SMILES string of the molecule is C1=Cc2cnccc2CC=C1C1CN=CN1. The Hall–Kier alpha value is -1.90. The van der Waals surface area contributed by atoms with Crippen LogP contribution in [0.25, 0.3) is 6.08 Å². The molecule has 0 saturated carbocycles. The molecule has 3 heteroatoms. The Morgan fingerprint density at radius 3 is 3.19 bits per heavy atom. The molecule has 2 aliphatic rings.